The van der Waals surface area contributed by atoms with Crippen LogP contribution >= 0.6 is 0 Å². The predicted molar refractivity (Wildman–Crippen MR) is 106 cm³/mol. The van der Waals surface area contributed by atoms with Gasteiger partial charge in [-0.25, -0.2) is 0 Å². The molecule has 1 aliphatic carbocycles. The molecule has 5 nitrogen and oxygen atoms in total. The number of ether oxygens (including phenoxy) is 1. The Morgan fingerprint density at radius 2 is 1.81 bits per heavy atom. The molecule has 0 bridgehead atoms. The van der Waals surface area contributed by atoms with Gasteiger partial charge in [0.1, 0.15) is 5.75 Å². The molecule has 0 saturated heterocycles. The second-order valence-electron chi connectivity index (χ2n) is 7.23. The highest BCUT2D eigenvalue weighted by atomic mass is 16.5. The zero-order chi connectivity index (χ0) is 19.4. The van der Waals surface area contributed by atoms with Gasteiger partial charge >= 0.3 is 0 Å². The molecule has 1 unspecified atom stereocenters. The standard InChI is InChI=1S/C22H26N2O3/c1-14-4-5-15(2)20(12-14)27-13-21(25)23-16(3)17-8-10-19(11-9-17)24-22(26)18-6-7-18/h4-5,8-12,16,18H,6-7,13H2,1-3H3,(H,23,25)(H,24,26). The van der Waals surface area contributed by atoms with Crippen molar-refractivity contribution in [1.29, 1.82) is 0 Å². The summed E-state index contributed by atoms with van der Waals surface area (Å²) >= 11 is 0. The van der Waals surface area contributed by atoms with Crippen molar-refractivity contribution in [3.8, 4) is 5.75 Å². The van der Waals surface area contributed by atoms with E-state index in [-0.39, 0.29) is 30.4 Å². The van der Waals surface area contributed by atoms with Crippen LogP contribution in [0.15, 0.2) is 42.5 Å². The molecule has 5 heteroatoms. The molecule has 1 aliphatic rings. The van der Waals surface area contributed by atoms with Crippen LogP contribution < -0.4 is 15.4 Å². The number of rotatable bonds is 7. The summed E-state index contributed by atoms with van der Waals surface area (Å²) in [5.41, 5.74) is 3.86. The van der Waals surface area contributed by atoms with Crippen LogP contribution in [0.1, 0.15) is 42.5 Å². The van der Waals surface area contributed by atoms with Crippen molar-refractivity contribution in [3.05, 3.63) is 59.2 Å². The lowest BCUT2D eigenvalue weighted by Crippen LogP contribution is -2.31. The molecule has 0 aliphatic heterocycles. The van der Waals surface area contributed by atoms with Crippen LogP contribution in [-0.4, -0.2) is 18.4 Å². The fourth-order valence-electron chi connectivity index (χ4n) is 2.82. The Hall–Kier alpha value is -2.82. The summed E-state index contributed by atoms with van der Waals surface area (Å²) in [4.78, 5) is 24.0. The van der Waals surface area contributed by atoms with Crippen LogP contribution in [0.3, 0.4) is 0 Å². The van der Waals surface area contributed by atoms with Gasteiger partial charge in [0.15, 0.2) is 6.61 Å². The van der Waals surface area contributed by atoms with Crippen molar-refractivity contribution in [2.24, 2.45) is 5.92 Å². The van der Waals surface area contributed by atoms with Gasteiger partial charge < -0.3 is 15.4 Å². The molecule has 142 valence electrons. The Labute approximate surface area is 160 Å². The molecule has 27 heavy (non-hydrogen) atoms. The third kappa shape index (κ3) is 5.33. The molecular weight excluding hydrogens is 340 g/mol. The van der Waals surface area contributed by atoms with Gasteiger partial charge in [0.25, 0.3) is 5.91 Å². The highest BCUT2D eigenvalue weighted by Gasteiger charge is 2.29. The van der Waals surface area contributed by atoms with E-state index in [1.807, 2.05) is 63.2 Å². The Morgan fingerprint density at radius 3 is 2.48 bits per heavy atom. The number of nitrogens with one attached hydrogen (secondary N) is 2. The summed E-state index contributed by atoms with van der Waals surface area (Å²) in [5.74, 6) is 0.829. The molecule has 3 rings (SSSR count). The number of amides is 2. The third-order valence-corrected chi connectivity index (χ3v) is 4.71. The first kappa shape index (κ1) is 19.0. The third-order valence-electron chi connectivity index (χ3n) is 4.71. The van der Waals surface area contributed by atoms with Gasteiger partial charge in [0, 0.05) is 11.6 Å². The van der Waals surface area contributed by atoms with E-state index in [0.29, 0.717) is 0 Å². The SMILES string of the molecule is Cc1ccc(C)c(OCC(=O)NC(C)c2ccc(NC(=O)C3CC3)cc2)c1. The molecule has 1 atom stereocenters. The predicted octanol–water partition coefficient (Wildman–Crippen LogP) is 3.91. The molecule has 0 heterocycles. The van der Waals surface area contributed by atoms with E-state index < -0.39 is 0 Å². The monoisotopic (exact) mass is 366 g/mol. The van der Waals surface area contributed by atoms with E-state index in [0.717, 1.165) is 41.0 Å². The van der Waals surface area contributed by atoms with Gasteiger partial charge in [-0.15, -0.1) is 0 Å². The lowest BCUT2D eigenvalue weighted by molar-refractivity contribution is -0.123. The minimum absolute atomic E-state index is 0.0236. The largest absolute Gasteiger partial charge is 0.483 e. The molecule has 1 saturated carbocycles. The smallest absolute Gasteiger partial charge is 0.258 e. The van der Waals surface area contributed by atoms with E-state index in [2.05, 4.69) is 10.6 Å². The molecule has 0 spiro atoms. The average molecular weight is 366 g/mol. The second kappa shape index (κ2) is 8.25. The van der Waals surface area contributed by atoms with Crippen molar-refractivity contribution in [3.63, 3.8) is 0 Å². The summed E-state index contributed by atoms with van der Waals surface area (Å²) in [5, 5.41) is 5.85. The number of anilines is 1. The zero-order valence-corrected chi connectivity index (χ0v) is 16.0. The summed E-state index contributed by atoms with van der Waals surface area (Å²) in [6.07, 6.45) is 1.97. The average Bonchev–Trinajstić information content (AvgIpc) is 3.48. The molecule has 0 radical (unpaired) electrons. The quantitative estimate of drug-likeness (QED) is 0.781. The van der Waals surface area contributed by atoms with Gasteiger partial charge in [0.05, 0.1) is 6.04 Å². The van der Waals surface area contributed by atoms with Crippen LogP contribution in [0, 0.1) is 19.8 Å². The van der Waals surface area contributed by atoms with Crippen LogP contribution in [0.2, 0.25) is 0 Å². The van der Waals surface area contributed by atoms with Crippen LogP contribution in [-0.2, 0) is 9.59 Å². The first-order valence-electron chi connectivity index (χ1n) is 9.32. The Morgan fingerprint density at radius 1 is 1.11 bits per heavy atom. The molecule has 2 aromatic rings. The molecule has 2 amide bonds. The maximum atomic E-state index is 12.2. The van der Waals surface area contributed by atoms with E-state index in [4.69, 9.17) is 4.74 Å². The van der Waals surface area contributed by atoms with Crippen LogP contribution in [0.25, 0.3) is 0 Å². The minimum atomic E-state index is -0.172. The number of aryl methyl sites for hydroxylation is 2. The molecule has 0 aromatic heterocycles. The number of carbonyl (C=O) groups is 2. The summed E-state index contributed by atoms with van der Waals surface area (Å²) < 4.78 is 5.65. The highest BCUT2D eigenvalue weighted by molar-refractivity contribution is 5.94. The highest BCUT2D eigenvalue weighted by Crippen LogP contribution is 2.30. The van der Waals surface area contributed by atoms with E-state index >= 15 is 0 Å². The summed E-state index contributed by atoms with van der Waals surface area (Å²) in [6.45, 7) is 5.85. The number of carbonyl (C=O) groups excluding carboxylic acids is 2. The molecule has 2 aromatic carbocycles. The van der Waals surface area contributed by atoms with E-state index in [1.54, 1.807) is 0 Å². The Bertz CT molecular complexity index is 826. The maximum absolute atomic E-state index is 12.2. The lowest BCUT2D eigenvalue weighted by Gasteiger charge is -2.16. The topological polar surface area (TPSA) is 67.4 Å². The molecule has 2 N–H and O–H groups in total. The van der Waals surface area contributed by atoms with Gasteiger partial charge in [-0.05, 0) is 68.5 Å². The Balaban J connectivity index is 1.50. The summed E-state index contributed by atoms with van der Waals surface area (Å²) in [7, 11) is 0. The Kier molecular flexibility index (Phi) is 5.79. The molecular formula is C22H26N2O3. The minimum Gasteiger partial charge on any atom is -0.483 e. The lowest BCUT2D eigenvalue weighted by atomic mass is 10.1. The fourth-order valence-corrected chi connectivity index (χ4v) is 2.82. The van der Waals surface area contributed by atoms with Gasteiger partial charge in [-0.2, -0.15) is 0 Å². The van der Waals surface area contributed by atoms with Crippen molar-refractivity contribution >= 4 is 17.5 Å². The van der Waals surface area contributed by atoms with Crippen molar-refractivity contribution in [2.75, 3.05) is 11.9 Å². The normalized spacial score (nSPS) is 14.3. The summed E-state index contributed by atoms with van der Waals surface area (Å²) in [6, 6.07) is 13.3. The fraction of sp³-hybridized carbons (Fsp3) is 0.364. The van der Waals surface area contributed by atoms with Gasteiger partial charge in [0.2, 0.25) is 5.91 Å². The van der Waals surface area contributed by atoms with E-state index in [9.17, 15) is 9.59 Å². The first-order valence-corrected chi connectivity index (χ1v) is 9.32. The van der Waals surface area contributed by atoms with E-state index in [1.165, 1.54) is 0 Å². The van der Waals surface area contributed by atoms with Crippen LogP contribution in [0.5, 0.6) is 5.75 Å². The number of hydrogen-bond acceptors (Lipinski definition) is 3. The van der Waals surface area contributed by atoms with Crippen LogP contribution in [0.4, 0.5) is 5.69 Å². The maximum Gasteiger partial charge on any atom is 0.258 e. The van der Waals surface area contributed by atoms with Crippen molar-refractivity contribution in [1.82, 2.24) is 5.32 Å². The number of benzene rings is 2. The molecule has 1 fully saturated rings. The van der Waals surface area contributed by atoms with Crippen molar-refractivity contribution < 1.29 is 14.3 Å². The second-order valence-corrected chi connectivity index (χ2v) is 7.23. The number of hydrogen-bond donors (Lipinski definition) is 2. The van der Waals surface area contributed by atoms with Crippen molar-refractivity contribution in [2.45, 2.75) is 39.7 Å². The first-order chi connectivity index (χ1) is 12.9. The van der Waals surface area contributed by atoms with Gasteiger partial charge in [-0.3, -0.25) is 9.59 Å². The van der Waals surface area contributed by atoms with Gasteiger partial charge in [-0.1, -0.05) is 24.3 Å². The zero-order valence-electron chi connectivity index (χ0n) is 16.0.